The van der Waals surface area contributed by atoms with E-state index < -0.39 is 5.92 Å². The Balaban J connectivity index is 2.08. The second-order valence-corrected chi connectivity index (χ2v) is 4.33. The second kappa shape index (κ2) is 5.29. The van der Waals surface area contributed by atoms with E-state index in [0.717, 1.165) is 18.7 Å². The van der Waals surface area contributed by atoms with Crippen LogP contribution in [0.2, 0.25) is 0 Å². The standard InChI is InChI=1S/C12H18N2O3/c1-3-9(12(15)16-4-2)11-13-10(14-17-11)8-6-5-7-8/h8-9H,3-7H2,1-2H3. The molecule has 1 aromatic rings. The van der Waals surface area contributed by atoms with Crippen LogP contribution in [0.25, 0.3) is 0 Å². The summed E-state index contributed by atoms with van der Waals surface area (Å²) in [6.45, 7) is 4.08. The highest BCUT2D eigenvalue weighted by atomic mass is 16.5. The molecule has 5 heteroatoms. The molecule has 2 rings (SSSR count). The summed E-state index contributed by atoms with van der Waals surface area (Å²) in [5.41, 5.74) is 0. The molecule has 0 aromatic carbocycles. The molecule has 1 saturated carbocycles. The molecule has 1 fully saturated rings. The molecule has 0 spiro atoms. The Morgan fingerprint density at radius 3 is 2.82 bits per heavy atom. The summed E-state index contributed by atoms with van der Waals surface area (Å²) in [5.74, 6) is 0.865. The van der Waals surface area contributed by atoms with E-state index in [0.29, 0.717) is 24.8 Å². The van der Waals surface area contributed by atoms with Crippen molar-refractivity contribution in [2.24, 2.45) is 0 Å². The summed E-state index contributed by atoms with van der Waals surface area (Å²) in [5, 5.41) is 3.96. The highest BCUT2D eigenvalue weighted by Gasteiger charge is 2.30. The zero-order chi connectivity index (χ0) is 12.3. The van der Waals surface area contributed by atoms with Gasteiger partial charge in [0.15, 0.2) is 5.82 Å². The van der Waals surface area contributed by atoms with Crippen LogP contribution in [0.15, 0.2) is 4.52 Å². The van der Waals surface area contributed by atoms with Gasteiger partial charge in [-0.25, -0.2) is 0 Å². The molecular weight excluding hydrogens is 220 g/mol. The smallest absolute Gasteiger partial charge is 0.318 e. The number of ether oxygens (including phenoxy) is 1. The first-order chi connectivity index (χ1) is 8.26. The lowest BCUT2D eigenvalue weighted by Gasteiger charge is -2.21. The molecule has 1 unspecified atom stereocenters. The van der Waals surface area contributed by atoms with Gasteiger partial charge < -0.3 is 9.26 Å². The Morgan fingerprint density at radius 1 is 1.53 bits per heavy atom. The fourth-order valence-electron chi connectivity index (χ4n) is 1.91. The van der Waals surface area contributed by atoms with E-state index in [1.54, 1.807) is 6.92 Å². The molecule has 0 aliphatic heterocycles. The van der Waals surface area contributed by atoms with E-state index in [2.05, 4.69) is 10.1 Å². The van der Waals surface area contributed by atoms with Crippen LogP contribution in [-0.2, 0) is 9.53 Å². The van der Waals surface area contributed by atoms with Gasteiger partial charge in [0, 0.05) is 5.92 Å². The summed E-state index contributed by atoms with van der Waals surface area (Å²) in [6, 6.07) is 0. The monoisotopic (exact) mass is 238 g/mol. The van der Waals surface area contributed by atoms with Gasteiger partial charge in [-0.3, -0.25) is 4.79 Å². The van der Waals surface area contributed by atoms with Crippen molar-refractivity contribution in [3.63, 3.8) is 0 Å². The van der Waals surface area contributed by atoms with Crippen molar-refractivity contribution >= 4 is 5.97 Å². The van der Waals surface area contributed by atoms with Crippen LogP contribution in [0.1, 0.15) is 63.1 Å². The summed E-state index contributed by atoms with van der Waals surface area (Å²) >= 11 is 0. The van der Waals surface area contributed by atoms with Crippen molar-refractivity contribution in [3.8, 4) is 0 Å². The maximum absolute atomic E-state index is 11.7. The Kier molecular flexibility index (Phi) is 3.76. The SMILES string of the molecule is CCOC(=O)C(CC)c1nc(C2CCC2)no1. The summed E-state index contributed by atoms with van der Waals surface area (Å²) in [4.78, 5) is 16.0. The van der Waals surface area contributed by atoms with Crippen molar-refractivity contribution in [1.29, 1.82) is 0 Å². The molecule has 17 heavy (non-hydrogen) atoms. The minimum atomic E-state index is -0.420. The van der Waals surface area contributed by atoms with E-state index in [1.165, 1.54) is 6.42 Å². The topological polar surface area (TPSA) is 65.2 Å². The highest BCUT2D eigenvalue weighted by Crippen LogP contribution is 2.35. The van der Waals surface area contributed by atoms with Crippen LogP contribution in [0.5, 0.6) is 0 Å². The predicted octanol–water partition coefficient (Wildman–Crippen LogP) is 2.39. The van der Waals surface area contributed by atoms with Crippen LogP contribution in [0.3, 0.4) is 0 Å². The van der Waals surface area contributed by atoms with Crippen LogP contribution in [0.4, 0.5) is 0 Å². The van der Waals surface area contributed by atoms with Crippen molar-refractivity contribution in [2.75, 3.05) is 6.61 Å². The molecule has 0 N–H and O–H groups in total. The zero-order valence-corrected chi connectivity index (χ0v) is 10.3. The molecular formula is C12H18N2O3. The molecule has 1 heterocycles. The van der Waals surface area contributed by atoms with Gasteiger partial charge >= 0.3 is 5.97 Å². The zero-order valence-electron chi connectivity index (χ0n) is 10.3. The van der Waals surface area contributed by atoms with Crippen LogP contribution in [0, 0.1) is 0 Å². The van der Waals surface area contributed by atoms with Gasteiger partial charge in [-0.15, -0.1) is 0 Å². The molecule has 0 saturated heterocycles. The summed E-state index contributed by atoms with van der Waals surface area (Å²) < 4.78 is 10.2. The van der Waals surface area contributed by atoms with Gasteiger partial charge in [-0.05, 0) is 26.2 Å². The fraction of sp³-hybridized carbons (Fsp3) is 0.750. The van der Waals surface area contributed by atoms with Gasteiger partial charge in [0.05, 0.1) is 6.61 Å². The third-order valence-electron chi connectivity index (χ3n) is 3.21. The number of esters is 1. The third kappa shape index (κ3) is 2.48. The Hall–Kier alpha value is -1.39. The van der Waals surface area contributed by atoms with E-state index in [-0.39, 0.29) is 5.97 Å². The first-order valence-corrected chi connectivity index (χ1v) is 6.26. The lowest BCUT2D eigenvalue weighted by atomic mass is 9.85. The molecule has 1 atom stereocenters. The van der Waals surface area contributed by atoms with Crippen molar-refractivity contribution < 1.29 is 14.1 Å². The largest absolute Gasteiger partial charge is 0.465 e. The number of aromatic nitrogens is 2. The maximum Gasteiger partial charge on any atom is 0.318 e. The highest BCUT2D eigenvalue weighted by molar-refractivity contribution is 5.76. The molecule has 94 valence electrons. The number of hydrogen-bond donors (Lipinski definition) is 0. The number of rotatable bonds is 5. The quantitative estimate of drug-likeness (QED) is 0.737. The normalized spacial score (nSPS) is 17.5. The second-order valence-electron chi connectivity index (χ2n) is 4.33. The summed E-state index contributed by atoms with van der Waals surface area (Å²) in [7, 11) is 0. The average molecular weight is 238 g/mol. The number of nitrogens with zero attached hydrogens (tertiary/aromatic N) is 2. The fourth-order valence-corrected chi connectivity index (χ4v) is 1.91. The van der Waals surface area contributed by atoms with E-state index in [9.17, 15) is 4.79 Å². The minimum absolute atomic E-state index is 0.279. The van der Waals surface area contributed by atoms with E-state index >= 15 is 0 Å². The number of carbonyl (C=O) groups excluding carboxylic acids is 1. The van der Waals surface area contributed by atoms with Gasteiger partial charge in [0.2, 0.25) is 5.89 Å². The third-order valence-corrected chi connectivity index (χ3v) is 3.21. The number of carbonyl (C=O) groups is 1. The summed E-state index contributed by atoms with van der Waals surface area (Å²) in [6.07, 6.45) is 4.08. The van der Waals surface area contributed by atoms with Crippen LogP contribution >= 0.6 is 0 Å². The van der Waals surface area contributed by atoms with Gasteiger partial charge in [0.1, 0.15) is 5.92 Å². The molecule has 1 aliphatic rings. The van der Waals surface area contributed by atoms with Gasteiger partial charge in [-0.1, -0.05) is 18.5 Å². The molecule has 1 aliphatic carbocycles. The Bertz CT molecular complexity index is 385. The molecule has 0 radical (unpaired) electrons. The van der Waals surface area contributed by atoms with Crippen LogP contribution < -0.4 is 0 Å². The van der Waals surface area contributed by atoms with E-state index in [1.807, 2.05) is 6.92 Å². The van der Waals surface area contributed by atoms with Gasteiger partial charge in [0.25, 0.3) is 0 Å². The Labute approximate surface area is 101 Å². The predicted molar refractivity (Wildman–Crippen MR) is 60.6 cm³/mol. The first kappa shape index (κ1) is 12.1. The minimum Gasteiger partial charge on any atom is -0.465 e. The van der Waals surface area contributed by atoms with E-state index in [4.69, 9.17) is 9.26 Å². The maximum atomic E-state index is 11.7. The molecule has 1 aromatic heterocycles. The first-order valence-electron chi connectivity index (χ1n) is 6.26. The van der Waals surface area contributed by atoms with Crippen molar-refractivity contribution in [3.05, 3.63) is 11.7 Å². The molecule has 0 amide bonds. The Morgan fingerprint density at radius 2 is 2.29 bits per heavy atom. The van der Waals surface area contributed by atoms with Gasteiger partial charge in [-0.2, -0.15) is 4.98 Å². The van der Waals surface area contributed by atoms with Crippen molar-refractivity contribution in [2.45, 2.75) is 51.4 Å². The lowest BCUT2D eigenvalue weighted by Crippen LogP contribution is -2.16. The molecule has 0 bridgehead atoms. The van der Waals surface area contributed by atoms with Crippen LogP contribution in [-0.4, -0.2) is 22.7 Å². The number of hydrogen-bond acceptors (Lipinski definition) is 5. The van der Waals surface area contributed by atoms with Crippen molar-refractivity contribution in [1.82, 2.24) is 10.1 Å². The lowest BCUT2D eigenvalue weighted by molar-refractivity contribution is -0.145. The molecule has 5 nitrogen and oxygen atoms in total. The average Bonchev–Trinajstić information content (AvgIpc) is 2.66.